The van der Waals surface area contributed by atoms with Crippen molar-refractivity contribution in [2.24, 2.45) is 5.92 Å². The zero-order chi connectivity index (χ0) is 12.4. The van der Waals surface area contributed by atoms with E-state index in [9.17, 15) is 5.11 Å². The molecule has 3 nitrogen and oxygen atoms in total. The van der Waals surface area contributed by atoms with Gasteiger partial charge in [0.15, 0.2) is 0 Å². The molecule has 1 saturated carbocycles. The predicted molar refractivity (Wildman–Crippen MR) is 70.9 cm³/mol. The van der Waals surface area contributed by atoms with E-state index >= 15 is 0 Å². The van der Waals surface area contributed by atoms with Crippen LogP contribution in [0.15, 0.2) is 22.7 Å². The summed E-state index contributed by atoms with van der Waals surface area (Å²) in [5, 5.41) is 18.2. The lowest BCUT2D eigenvalue weighted by molar-refractivity contribution is 0.0465. The third-order valence-electron chi connectivity index (χ3n) is 3.20. The molecule has 1 aromatic rings. The maximum Gasteiger partial charge on any atom is 0.0992 e. The largest absolute Gasteiger partial charge is 0.393 e. The van der Waals surface area contributed by atoms with Gasteiger partial charge in [0.25, 0.3) is 0 Å². The molecule has 1 aliphatic carbocycles. The number of benzene rings is 1. The summed E-state index contributed by atoms with van der Waals surface area (Å²) < 4.78 is 0.923. The van der Waals surface area contributed by atoms with Gasteiger partial charge in [0, 0.05) is 23.8 Å². The predicted octanol–water partition coefficient (Wildman–Crippen LogP) is 2.53. The van der Waals surface area contributed by atoms with Crippen molar-refractivity contribution in [3.05, 3.63) is 28.2 Å². The van der Waals surface area contributed by atoms with Crippen LogP contribution >= 0.6 is 15.9 Å². The molecular formula is C13H15BrN2O. The van der Waals surface area contributed by atoms with Gasteiger partial charge >= 0.3 is 0 Å². The molecule has 2 rings (SSSR count). The first-order chi connectivity index (χ1) is 8.08. The highest BCUT2D eigenvalue weighted by Gasteiger charge is 2.28. The second-order valence-electron chi connectivity index (χ2n) is 4.68. The van der Waals surface area contributed by atoms with Crippen LogP contribution in [0, 0.1) is 17.2 Å². The number of halogens is 1. The van der Waals surface area contributed by atoms with Gasteiger partial charge in [-0.05, 0) is 37.0 Å². The second-order valence-corrected chi connectivity index (χ2v) is 5.60. The number of rotatable bonds is 3. The Morgan fingerprint density at radius 1 is 1.47 bits per heavy atom. The minimum Gasteiger partial charge on any atom is -0.393 e. The maximum atomic E-state index is 9.26. The molecule has 17 heavy (non-hydrogen) atoms. The van der Waals surface area contributed by atoms with Gasteiger partial charge in [-0.2, -0.15) is 5.26 Å². The summed E-state index contributed by atoms with van der Waals surface area (Å²) in [6.45, 7) is 0.929. The van der Waals surface area contributed by atoms with Gasteiger partial charge in [0.1, 0.15) is 0 Å². The van der Waals surface area contributed by atoms with Crippen molar-refractivity contribution in [2.75, 3.05) is 18.5 Å². The van der Waals surface area contributed by atoms with E-state index in [-0.39, 0.29) is 6.10 Å². The smallest absolute Gasteiger partial charge is 0.0992 e. The first-order valence-electron chi connectivity index (χ1n) is 5.68. The minimum absolute atomic E-state index is 0.106. The number of nitrogens with zero attached hydrogens (tertiary/aromatic N) is 2. The molecule has 1 N–H and O–H groups in total. The zero-order valence-corrected chi connectivity index (χ0v) is 11.3. The number of aliphatic hydroxyl groups is 1. The van der Waals surface area contributed by atoms with E-state index in [1.165, 1.54) is 0 Å². The van der Waals surface area contributed by atoms with Crippen molar-refractivity contribution >= 4 is 21.6 Å². The second kappa shape index (κ2) is 5.07. The van der Waals surface area contributed by atoms with Gasteiger partial charge in [0.2, 0.25) is 0 Å². The molecule has 0 saturated heterocycles. The Hall–Kier alpha value is -1.05. The number of aliphatic hydroxyl groups excluding tert-OH is 1. The summed E-state index contributed by atoms with van der Waals surface area (Å²) in [6.07, 6.45) is 1.68. The van der Waals surface area contributed by atoms with Gasteiger partial charge in [-0.25, -0.2) is 0 Å². The fraction of sp³-hybridized carbons (Fsp3) is 0.462. The Labute approximate surface area is 110 Å². The zero-order valence-electron chi connectivity index (χ0n) is 9.73. The van der Waals surface area contributed by atoms with Crippen LogP contribution in [-0.4, -0.2) is 24.8 Å². The molecule has 0 aliphatic heterocycles. The number of hydrogen-bond acceptors (Lipinski definition) is 3. The van der Waals surface area contributed by atoms with E-state index in [0.29, 0.717) is 11.5 Å². The van der Waals surface area contributed by atoms with E-state index in [0.717, 1.165) is 29.5 Å². The van der Waals surface area contributed by atoms with E-state index in [1.54, 1.807) is 0 Å². The SMILES string of the molecule is CN(CC1CC(O)C1)c1cc(Br)cc(C#N)c1. The highest BCUT2D eigenvalue weighted by molar-refractivity contribution is 9.10. The summed E-state index contributed by atoms with van der Waals surface area (Å²) >= 11 is 3.41. The van der Waals surface area contributed by atoms with Crippen LogP contribution in [0.5, 0.6) is 0 Å². The Balaban J connectivity index is 2.06. The highest BCUT2D eigenvalue weighted by atomic mass is 79.9. The molecule has 0 heterocycles. The van der Waals surface area contributed by atoms with Gasteiger partial charge in [-0.3, -0.25) is 0 Å². The molecule has 0 radical (unpaired) electrons. The molecular weight excluding hydrogens is 280 g/mol. The normalized spacial score (nSPS) is 22.7. The number of nitriles is 1. The van der Waals surface area contributed by atoms with Crippen LogP contribution in [0.4, 0.5) is 5.69 Å². The molecule has 1 fully saturated rings. The number of anilines is 1. The van der Waals surface area contributed by atoms with Crippen LogP contribution in [0.3, 0.4) is 0 Å². The minimum atomic E-state index is -0.106. The van der Waals surface area contributed by atoms with Crippen LogP contribution in [0.2, 0.25) is 0 Å². The Bertz CT molecular complexity index is 449. The molecule has 0 atom stereocenters. The van der Waals surface area contributed by atoms with E-state index < -0.39 is 0 Å². The summed E-state index contributed by atoms with van der Waals surface area (Å²) in [4.78, 5) is 2.14. The first kappa shape index (κ1) is 12.4. The van der Waals surface area contributed by atoms with Crippen LogP contribution in [0.25, 0.3) is 0 Å². The third kappa shape index (κ3) is 2.99. The van der Waals surface area contributed by atoms with E-state index in [2.05, 4.69) is 26.9 Å². The maximum absolute atomic E-state index is 9.26. The molecule has 0 unspecified atom stereocenters. The Morgan fingerprint density at radius 3 is 2.76 bits per heavy atom. The average molecular weight is 295 g/mol. The van der Waals surface area contributed by atoms with E-state index in [1.807, 2.05) is 25.2 Å². The summed E-state index contributed by atoms with van der Waals surface area (Å²) in [5.41, 5.74) is 1.70. The van der Waals surface area contributed by atoms with Crippen LogP contribution < -0.4 is 4.90 Å². The first-order valence-corrected chi connectivity index (χ1v) is 6.47. The Kier molecular flexibility index (Phi) is 3.70. The van der Waals surface area contributed by atoms with Crippen molar-refractivity contribution in [1.82, 2.24) is 0 Å². The fourth-order valence-electron chi connectivity index (χ4n) is 2.20. The van der Waals surface area contributed by atoms with Crippen molar-refractivity contribution in [3.63, 3.8) is 0 Å². The Morgan fingerprint density at radius 2 is 2.18 bits per heavy atom. The molecule has 0 spiro atoms. The lowest BCUT2D eigenvalue weighted by Crippen LogP contribution is -2.37. The van der Waals surface area contributed by atoms with Crippen LogP contribution in [-0.2, 0) is 0 Å². The summed E-state index contributed by atoms with van der Waals surface area (Å²) in [5.74, 6) is 0.569. The van der Waals surface area contributed by atoms with Gasteiger partial charge < -0.3 is 10.0 Å². The lowest BCUT2D eigenvalue weighted by atomic mass is 9.82. The third-order valence-corrected chi connectivity index (χ3v) is 3.65. The molecule has 4 heteroatoms. The molecule has 1 aliphatic rings. The molecule has 1 aromatic carbocycles. The monoisotopic (exact) mass is 294 g/mol. The quantitative estimate of drug-likeness (QED) is 0.932. The van der Waals surface area contributed by atoms with Gasteiger partial charge in [-0.15, -0.1) is 0 Å². The standard InChI is InChI=1S/C13H15BrN2O/c1-16(8-10-4-13(17)5-10)12-3-9(7-15)2-11(14)6-12/h2-3,6,10,13,17H,4-5,8H2,1H3. The van der Waals surface area contributed by atoms with Crippen molar-refractivity contribution < 1.29 is 5.11 Å². The molecule has 90 valence electrons. The lowest BCUT2D eigenvalue weighted by Gasteiger charge is -2.35. The average Bonchev–Trinajstić information content (AvgIpc) is 2.26. The molecule has 0 aromatic heterocycles. The van der Waals surface area contributed by atoms with Crippen molar-refractivity contribution in [1.29, 1.82) is 5.26 Å². The topological polar surface area (TPSA) is 47.3 Å². The molecule has 0 bridgehead atoms. The van der Waals surface area contributed by atoms with E-state index in [4.69, 9.17) is 5.26 Å². The van der Waals surface area contributed by atoms with Crippen molar-refractivity contribution in [2.45, 2.75) is 18.9 Å². The summed E-state index contributed by atoms with van der Waals surface area (Å²) in [6, 6.07) is 7.86. The van der Waals surface area contributed by atoms with Gasteiger partial charge in [0.05, 0.1) is 17.7 Å². The fourth-order valence-corrected chi connectivity index (χ4v) is 2.68. The van der Waals surface area contributed by atoms with Crippen LogP contribution in [0.1, 0.15) is 18.4 Å². The van der Waals surface area contributed by atoms with Gasteiger partial charge in [-0.1, -0.05) is 15.9 Å². The summed E-state index contributed by atoms with van der Waals surface area (Å²) in [7, 11) is 2.02. The highest BCUT2D eigenvalue weighted by Crippen LogP contribution is 2.30. The number of hydrogen-bond donors (Lipinski definition) is 1. The van der Waals surface area contributed by atoms with Crippen molar-refractivity contribution in [3.8, 4) is 6.07 Å². The molecule has 0 amide bonds.